The van der Waals surface area contributed by atoms with Crippen LogP contribution in [0.2, 0.25) is 0 Å². The maximum Gasteiger partial charge on any atom is 0.190 e. The molecule has 0 amide bonds. The fraction of sp³-hybridized carbons (Fsp3) is 0.571. The molecular weight excluding hydrogens is 338 g/mol. The van der Waals surface area contributed by atoms with Crippen molar-refractivity contribution in [3.8, 4) is 0 Å². The third kappa shape index (κ3) is 5.97. The second kappa shape index (κ2) is 10.3. The van der Waals surface area contributed by atoms with Crippen LogP contribution in [0.3, 0.4) is 0 Å². The lowest BCUT2D eigenvalue weighted by atomic mass is 10.1. The number of rotatable bonds is 8. The van der Waals surface area contributed by atoms with Crippen LogP contribution in [0.4, 0.5) is 0 Å². The van der Waals surface area contributed by atoms with Gasteiger partial charge < -0.3 is 19.9 Å². The maximum atomic E-state index is 5.41. The fourth-order valence-corrected chi connectivity index (χ4v) is 3.57. The number of aryl methyl sites for hydroxylation is 1. The summed E-state index contributed by atoms with van der Waals surface area (Å²) in [5.74, 6) is 1.47. The third-order valence-corrected chi connectivity index (χ3v) is 5.06. The zero-order valence-electron chi connectivity index (χ0n) is 16.7. The summed E-state index contributed by atoms with van der Waals surface area (Å²) >= 11 is 0. The van der Waals surface area contributed by atoms with Gasteiger partial charge in [-0.2, -0.15) is 0 Å². The van der Waals surface area contributed by atoms with Crippen LogP contribution < -0.4 is 10.6 Å². The highest BCUT2D eigenvalue weighted by molar-refractivity contribution is 5.80. The van der Waals surface area contributed by atoms with E-state index in [9.17, 15) is 0 Å². The Hall–Kier alpha value is -2.05. The number of fused-ring (bicyclic) bond motifs is 1. The average Bonchev–Trinajstić information content (AvgIpc) is 3.11. The molecule has 1 aromatic heterocycles. The number of guanidine groups is 1. The summed E-state index contributed by atoms with van der Waals surface area (Å²) in [6.07, 6.45) is 3.23. The highest BCUT2D eigenvalue weighted by Gasteiger charge is 2.13. The molecule has 1 aromatic carbocycles. The first-order valence-electron chi connectivity index (χ1n) is 10.0. The summed E-state index contributed by atoms with van der Waals surface area (Å²) in [5.41, 5.74) is 1.30. The van der Waals surface area contributed by atoms with Crippen LogP contribution in [0.1, 0.15) is 13.3 Å². The van der Waals surface area contributed by atoms with E-state index in [0.29, 0.717) is 5.92 Å². The molecule has 2 aromatic rings. The highest BCUT2D eigenvalue weighted by Crippen LogP contribution is 2.15. The van der Waals surface area contributed by atoms with Gasteiger partial charge in [-0.15, -0.1) is 0 Å². The number of aromatic nitrogens is 1. The van der Waals surface area contributed by atoms with Crippen LogP contribution in [0.15, 0.2) is 41.5 Å². The highest BCUT2D eigenvalue weighted by atomic mass is 16.5. The lowest BCUT2D eigenvalue weighted by Gasteiger charge is -2.29. The van der Waals surface area contributed by atoms with Gasteiger partial charge in [-0.05, 0) is 29.9 Å². The van der Waals surface area contributed by atoms with Gasteiger partial charge in [0.2, 0.25) is 0 Å². The molecule has 1 aliphatic heterocycles. The topological polar surface area (TPSA) is 53.8 Å². The first-order valence-corrected chi connectivity index (χ1v) is 10.0. The summed E-state index contributed by atoms with van der Waals surface area (Å²) in [6, 6.07) is 10.7. The van der Waals surface area contributed by atoms with Crippen molar-refractivity contribution in [3.05, 3.63) is 36.5 Å². The van der Waals surface area contributed by atoms with Crippen molar-refractivity contribution in [2.45, 2.75) is 19.9 Å². The van der Waals surface area contributed by atoms with Gasteiger partial charge in [0.15, 0.2) is 5.96 Å². The van der Waals surface area contributed by atoms with Crippen LogP contribution in [-0.4, -0.2) is 68.4 Å². The molecule has 6 nitrogen and oxygen atoms in total. The van der Waals surface area contributed by atoms with E-state index in [1.54, 1.807) is 0 Å². The van der Waals surface area contributed by atoms with Crippen molar-refractivity contribution < 1.29 is 4.74 Å². The molecule has 0 spiro atoms. The Bertz CT molecular complexity index is 720. The molecule has 0 bridgehead atoms. The van der Waals surface area contributed by atoms with E-state index < -0.39 is 0 Å². The minimum absolute atomic E-state index is 0.577. The van der Waals surface area contributed by atoms with E-state index in [2.05, 4.69) is 68.5 Å². The Morgan fingerprint density at radius 3 is 2.81 bits per heavy atom. The smallest absolute Gasteiger partial charge is 0.190 e. The minimum atomic E-state index is 0.577. The van der Waals surface area contributed by atoms with Crippen molar-refractivity contribution in [3.63, 3.8) is 0 Å². The van der Waals surface area contributed by atoms with Gasteiger partial charge in [0.25, 0.3) is 0 Å². The predicted octanol–water partition coefficient (Wildman–Crippen LogP) is 2.16. The van der Waals surface area contributed by atoms with Gasteiger partial charge in [-0.25, -0.2) is 0 Å². The van der Waals surface area contributed by atoms with Crippen molar-refractivity contribution in [2.75, 3.05) is 53.0 Å². The van der Waals surface area contributed by atoms with Crippen molar-refractivity contribution in [1.82, 2.24) is 20.1 Å². The normalized spacial score (nSPS) is 17.2. The van der Waals surface area contributed by atoms with E-state index in [1.165, 1.54) is 10.9 Å². The Kier molecular flexibility index (Phi) is 7.54. The molecule has 1 saturated heterocycles. The molecule has 3 rings (SSSR count). The second-order valence-corrected chi connectivity index (χ2v) is 7.32. The average molecular weight is 372 g/mol. The Morgan fingerprint density at radius 2 is 2.00 bits per heavy atom. The number of morpholine rings is 1. The number of aliphatic imine (C=N–C) groups is 1. The summed E-state index contributed by atoms with van der Waals surface area (Å²) in [6.45, 7) is 10.0. The van der Waals surface area contributed by atoms with Gasteiger partial charge in [0.1, 0.15) is 0 Å². The molecule has 6 heteroatoms. The molecule has 0 saturated carbocycles. The van der Waals surface area contributed by atoms with Crippen LogP contribution in [0.5, 0.6) is 0 Å². The van der Waals surface area contributed by atoms with E-state index in [1.807, 2.05) is 7.05 Å². The van der Waals surface area contributed by atoms with E-state index >= 15 is 0 Å². The molecule has 1 atom stereocenters. The lowest BCUT2D eigenvalue weighted by Crippen LogP contribution is -2.44. The summed E-state index contributed by atoms with van der Waals surface area (Å²) in [5, 5.41) is 8.19. The Labute approximate surface area is 162 Å². The lowest BCUT2D eigenvalue weighted by molar-refractivity contribution is 0.0320. The zero-order chi connectivity index (χ0) is 18.9. The fourth-order valence-electron chi connectivity index (χ4n) is 3.57. The third-order valence-electron chi connectivity index (χ3n) is 5.06. The monoisotopic (exact) mass is 371 g/mol. The summed E-state index contributed by atoms with van der Waals surface area (Å²) in [4.78, 5) is 6.82. The first-order chi connectivity index (χ1) is 13.3. The van der Waals surface area contributed by atoms with Crippen molar-refractivity contribution >= 4 is 16.9 Å². The number of ether oxygens (including phenoxy) is 1. The molecule has 1 fully saturated rings. The molecule has 0 radical (unpaired) electrons. The number of para-hydroxylation sites is 1. The minimum Gasteiger partial charge on any atom is -0.379 e. The van der Waals surface area contributed by atoms with Crippen LogP contribution in [0, 0.1) is 5.92 Å². The summed E-state index contributed by atoms with van der Waals surface area (Å²) < 4.78 is 7.73. The SMILES string of the molecule is CN=C(NCCCn1ccc2ccccc21)NCC(C)CN1CCOCC1. The van der Waals surface area contributed by atoms with E-state index in [0.717, 1.165) is 64.9 Å². The maximum absolute atomic E-state index is 5.41. The molecule has 2 heterocycles. The van der Waals surface area contributed by atoms with Crippen molar-refractivity contribution in [2.24, 2.45) is 10.9 Å². The number of benzene rings is 1. The van der Waals surface area contributed by atoms with Crippen LogP contribution in [0.25, 0.3) is 10.9 Å². The quantitative estimate of drug-likeness (QED) is 0.424. The Morgan fingerprint density at radius 1 is 1.19 bits per heavy atom. The molecule has 2 N–H and O–H groups in total. The predicted molar refractivity (Wildman–Crippen MR) is 112 cm³/mol. The van der Waals surface area contributed by atoms with E-state index in [-0.39, 0.29) is 0 Å². The van der Waals surface area contributed by atoms with Gasteiger partial charge >= 0.3 is 0 Å². The molecule has 148 valence electrons. The standard InChI is InChI=1S/C21H33N5O/c1-18(17-25-12-14-27-15-13-25)16-24-21(22-2)23-9-5-10-26-11-8-19-6-3-4-7-20(19)26/h3-4,6-8,11,18H,5,9-10,12-17H2,1-2H3,(H2,22,23,24). The molecule has 1 aliphatic rings. The van der Waals surface area contributed by atoms with Gasteiger partial charge in [0, 0.05) is 58.0 Å². The van der Waals surface area contributed by atoms with Gasteiger partial charge in [-0.1, -0.05) is 25.1 Å². The molecule has 1 unspecified atom stereocenters. The van der Waals surface area contributed by atoms with E-state index in [4.69, 9.17) is 4.74 Å². The van der Waals surface area contributed by atoms with Crippen LogP contribution >= 0.6 is 0 Å². The number of nitrogens with one attached hydrogen (secondary N) is 2. The zero-order valence-corrected chi connectivity index (χ0v) is 16.7. The number of hydrogen-bond acceptors (Lipinski definition) is 3. The summed E-state index contributed by atoms with van der Waals surface area (Å²) in [7, 11) is 1.83. The molecule has 0 aliphatic carbocycles. The second-order valence-electron chi connectivity index (χ2n) is 7.32. The van der Waals surface area contributed by atoms with Crippen LogP contribution in [-0.2, 0) is 11.3 Å². The molecular formula is C21H33N5O. The van der Waals surface area contributed by atoms with Crippen molar-refractivity contribution in [1.29, 1.82) is 0 Å². The first kappa shape index (κ1) is 19.7. The van der Waals surface area contributed by atoms with Gasteiger partial charge in [0.05, 0.1) is 13.2 Å². The van der Waals surface area contributed by atoms with Gasteiger partial charge in [-0.3, -0.25) is 9.89 Å². The number of nitrogens with zero attached hydrogens (tertiary/aromatic N) is 3. The Balaban J connectivity index is 1.34. The molecule has 27 heavy (non-hydrogen) atoms. The largest absolute Gasteiger partial charge is 0.379 e. The number of hydrogen-bond donors (Lipinski definition) is 2.